The number of amides is 4. The van der Waals surface area contributed by atoms with Gasteiger partial charge in [0.1, 0.15) is 36.0 Å². The molecule has 0 bridgehead atoms. The molecule has 1 aliphatic heterocycles. The number of hydrogen-bond donors (Lipinski definition) is 1. The number of nitrogens with one attached hydrogen (secondary N) is 1. The topological polar surface area (TPSA) is 94.2 Å². The standard InChI is InChI=1S/C32H25ClN2O6/c1-39-27-14-9-23(29(18-27)41-20-22-7-10-24(33)11-8-22)17-28-30(36)34-32(38)35(31(28)37)25-12-15-26(16-13-25)40-19-21-5-3-2-4-6-21/h2-18H,19-20H2,1H3,(H,34,36,38)/b28-17+. The number of carbonyl (C=O) groups is 3. The Hall–Kier alpha value is -5.08. The summed E-state index contributed by atoms with van der Waals surface area (Å²) in [5.74, 6) is -0.0930. The molecule has 0 atom stereocenters. The first-order valence-electron chi connectivity index (χ1n) is 12.6. The third kappa shape index (κ3) is 6.57. The molecule has 5 rings (SSSR count). The molecule has 0 saturated carbocycles. The molecule has 1 fully saturated rings. The van der Waals surface area contributed by atoms with Crippen molar-refractivity contribution in [2.45, 2.75) is 13.2 Å². The number of nitrogens with zero attached hydrogens (tertiary/aromatic N) is 1. The van der Waals surface area contributed by atoms with Crippen LogP contribution in [0.1, 0.15) is 16.7 Å². The van der Waals surface area contributed by atoms with Gasteiger partial charge in [0.15, 0.2) is 0 Å². The predicted molar refractivity (Wildman–Crippen MR) is 155 cm³/mol. The summed E-state index contributed by atoms with van der Waals surface area (Å²) in [5.41, 5.74) is 2.39. The number of benzene rings is 4. The molecule has 0 radical (unpaired) electrons. The average molecular weight is 569 g/mol. The van der Waals surface area contributed by atoms with Crippen molar-refractivity contribution in [2.75, 3.05) is 12.0 Å². The summed E-state index contributed by atoms with van der Waals surface area (Å²) in [5, 5.41) is 2.85. The van der Waals surface area contributed by atoms with Crippen molar-refractivity contribution in [2.24, 2.45) is 0 Å². The van der Waals surface area contributed by atoms with Crippen molar-refractivity contribution in [3.8, 4) is 17.2 Å². The molecule has 8 nitrogen and oxygen atoms in total. The monoisotopic (exact) mass is 568 g/mol. The number of halogens is 1. The van der Waals surface area contributed by atoms with Gasteiger partial charge in [-0.15, -0.1) is 0 Å². The van der Waals surface area contributed by atoms with Crippen molar-refractivity contribution in [1.29, 1.82) is 0 Å². The van der Waals surface area contributed by atoms with Crippen LogP contribution in [0.4, 0.5) is 10.5 Å². The molecule has 1 heterocycles. The Balaban J connectivity index is 1.37. The van der Waals surface area contributed by atoms with Gasteiger partial charge < -0.3 is 14.2 Å². The second kappa shape index (κ2) is 12.4. The van der Waals surface area contributed by atoms with Crippen molar-refractivity contribution in [1.82, 2.24) is 5.32 Å². The largest absolute Gasteiger partial charge is 0.497 e. The first-order chi connectivity index (χ1) is 19.9. The van der Waals surface area contributed by atoms with E-state index in [1.165, 1.54) is 13.2 Å². The molecule has 1 saturated heterocycles. The zero-order chi connectivity index (χ0) is 28.8. The molecule has 0 unspecified atom stereocenters. The number of carbonyl (C=O) groups excluding carboxylic acids is 3. The van der Waals surface area contributed by atoms with Crippen LogP contribution in [0.5, 0.6) is 17.2 Å². The Morgan fingerprint density at radius 2 is 1.44 bits per heavy atom. The fourth-order valence-corrected chi connectivity index (χ4v) is 4.23. The molecule has 1 N–H and O–H groups in total. The molecule has 0 aromatic heterocycles. The van der Waals surface area contributed by atoms with Gasteiger partial charge in [-0.3, -0.25) is 14.9 Å². The lowest BCUT2D eigenvalue weighted by molar-refractivity contribution is -0.122. The fourth-order valence-electron chi connectivity index (χ4n) is 4.11. The Morgan fingerprint density at radius 3 is 2.15 bits per heavy atom. The van der Waals surface area contributed by atoms with Crippen LogP contribution in [0.15, 0.2) is 103 Å². The lowest BCUT2D eigenvalue weighted by Crippen LogP contribution is -2.54. The van der Waals surface area contributed by atoms with E-state index in [1.54, 1.807) is 54.6 Å². The number of rotatable bonds is 9. The van der Waals surface area contributed by atoms with Gasteiger partial charge in [0.05, 0.1) is 12.8 Å². The summed E-state index contributed by atoms with van der Waals surface area (Å²) < 4.78 is 17.1. The number of anilines is 1. The quantitative estimate of drug-likeness (QED) is 0.192. The van der Waals surface area contributed by atoms with E-state index in [9.17, 15) is 14.4 Å². The Bertz CT molecular complexity index is 1600. The number of methoxy groups -OCH3 is 1. The van der Waals surface area contributed by atoms with Gasteiger partial charge in [0.2, 0.25) is 0 Å². The Morgan fingerprint density at radius 1 is 0.780 bits per heavy atom. The molecule has 9 heteroatoms. The van der Waals surface area contributed by atoms with E-state index in [4.69, 9.17) is 25.8 Å². The molecule has 41 heavy (non-hydrogen) atoms. The number of barbiturate groups is 1. The Labute approximate surface area is 241 Å². The second-order valence-corrected chi connectivity index (χ2v) is 9.48. The molecule has 4 aromatic rings. The van der Waals surface area contributed by atoms with E-state index in [-0.39, 0.29) is 17.9 Å². The minimum Gasteiger partial charge on any atom is -0.497 e. The van der Waals surface area contributed by atoms with Crippen LogP contribution in [0.3, 0.4) is 0 Å². The van der Waals surface area contributed by atoms with Crippen molar-refractivity contribution in [3.05, 3.63) is 124 Å². The summed E-state index contributed by atoms with van der Waals surface area (Å²) in [6.07, 6.45) is 1.39. The highest BCUT2D eigenvalue weighted by atomic mass is 35.5. The average Bonchev–Trinajstić information content (AvgIpc) is 2.99. The summed E-state index contributed by atoms with van der Waals surface area (Å²) in [7, 11) is 1.52. The molecule has 0 aliphatic carbocycles. The van der Waals surface area contributed by atoms with E-state index in [2.05, 4.69) is 5.32 Å². The summed E-state index contributed by atoms with van der Waals surface area (Å²) >= 11 is 5.97. The van der Waals surface area contributed by atoms with E-state index in [0.29, 0.717) is 34.4 Å². The fraction of sp³-hybridized carbons (Fsp3) is 0.0938. The van der Waals surface area contributed by atoms with E-state index >= 15 is 0 Å². The van der Waals surface area contributed by atoms with Gasteiger partial charge >= 0.3 is 6.03 Å². The third-order valence-corrected chi connectivity index (χ3v) is 6.53. The maximum atomic E-state index is 13.5. The second-order valence-electron chi connectivity index (χ2n) is 9.04. The summed E-state index contributed by atoms with van der Waals surface area (Å²) in [6, 6.07) is 27.5. The van der Waals surface area contributed by atoms with Crippen molar-refractivity contribution < 1.29 is 28.6 Å². The molecular formula is C32H25ClN2O6. The van der Waals surface area contributed by atoms with E-state index in [0.717, 1.165) is 16.0 Å². The predicted octanol–water partition coefficient (Wildman–Crippen LogP) is 6.17. The zero-order valence-corrected chi connectivity index (χ0v) is 22.8. The van der Waals surface area contributed by atoms with Crippen LogP contribution in [-0.2, 0) is 22.8 Å². The van der Waals surface area contributed by atoms with Gasteiger partial charge in [0.25, 0.3) is 11.8 Å². The lowest BCUT2D eigenvalue weighted by atomic mass is 10.1. The number of hydrogen-bond acceptors (Lipinski definition) is 6. The van der Waals surface area contributed by atoms with Crippen LogP contribution in [0.25, 0.3) is 6.08 Å². The normalized spacial score (nSPS) is 14.1. The molecular weight excluding hydrogens is 544 g/mol. The minimum atomic E-state index is -0.843. The number of imide groups is 2. The van der Waals surface area contributed by atoms with Crippen molar-refractivity contribution in [3.63, 3.8) is 0 Å². The van der Waals surface area contributed by atoms with Gasteiger partial charge in [-0.05, 0) is 65.7 Å². The third-order valence-electron chi connectivity index (χ3n) is 6.27. The van der Waals surface area contributed by atoms with Gasteiger partial charge in [0, 0.05) is 16.7 Å². The maximum Gasteiger partial charge on any atom is 0.335 e. The van der Waals surface area contributed by atoms with Gasteiger partial charge in [-0.25, -0.2) is 9.69 Å². The van der Waals surface area contributed by atoms with Crippen LogP contribution < -0.4 is 24.4 Å². The molecule has 206 valence electrons. The highest BCUT2D eigenvalue weighted by molar-refractivity contribution is 6.39. The first-order valence-corrected chi connectivity index (χ1v) is 13.0. The number of urea groups is 1. The van der Waals surface area contributed by atoms with Crippen LogP contribution in [-0.4, -0.2) is 25.0 Å². The molecule has 4 amide bonds. The maximum absolute atomic E-state index is 13.5. The Kier molecular flexibility index (Phi) is 8.31. The van der Waals surface area contributed by atoms with Crippen LogP contribution in [0.2, 0.25) is 5.02 Å². The highest BCUT2D eigenvalue weighted by Gasteiger charge is 2.37. The van der Waals surface area contributed by atoms with Gasteiger partial charge in [-0.1, -0.05) is 54.1 Å². The van der Waals surface area contributed by atoms with Crippen LogP contribution in [0, 0.1) is 0 Å². The smallest absolute Gasteiger partial charge is 0.335 e. The van der Waals surface area contributed by atoms with E-state index < -0.39 is 17.8 Å². The summed E-state index contributed by atoms with van der Waals surface area (Å²) in [6.45, 7) is 0.582. The minimum absolute atomic E-state index is 0.212. The first kappa shape index (κ1) is 27.5. The van der Waals surface area contributed by atoms with Crippen molar-refractivity contribution >= 4 is 41.2 Å². The van der Waals surface area contributed by atoms with Gasteiger partial charge in [-0.2, -0.15) is 0 Å². The number of ether oxygens (including phenoxy) is 3. The van der Waals surface area contributed by atoms with Crippen LogP contribution >= 0.6 is 11.6 Å². The highest BCUT2D eigenvalue weighted by Crippen LogP contribution is 2.30. The lowest BCUT2D eigenvalue weighted by Gasteiger charge is -2.26. The molecule has 0 spiro atoms. The summed E-state index contributed by atoms with van der Waals surface area (Å²) in [4.78, 5) is 39.8. The molecule has 4 aromatic carbocycles. The molecule has 1 aliphatic rings. The van der Waals surface area contributed by atoms with E-state index in [1.807, 2.05) is 42.5 Å². The SMILES string of the molecule is COc1ccc(/C=C2\C(=O)NC(=O)N(c3ccc(OCc4ccccc4)cc3)C2=O)c(OCc2ccc(Cl)cc2)c1. The zero-order valence-electron chi connectivity index (χ0n) is 22.0.